The fourth-order valence-corrected chi connectivity index (χ4v) is 2.71. The number of amides is 1. The van der Waals surface area contributed by atoms with Gasteiger partial charge in [0.25, 0.3) is 11.5 Å². The molecule has 0 atom stereocenters. The molecule has 0 aliphatic carbocycles. The average Bonchev–Trinajstić information content (AvgIpc) is 2.57. The number of carbonyl (C=O) groups excluding carboxylic acids is 1. The van der Waals surface area contributed by atoms with Crippen molar-refractivity contribution in [2.24, 2.45) is 0 Å². The minimum Gasteiger partial charge on any atom is -0.372 e. The van der Waals surface area contributed by atoms with E-state index < -0.39 is 5.91 Å². The van der Waals surface area contributed by atoms with Crippen molar-refractivity contribution in [1.29, 1.82) is 0 Å². The van der Waals surface area contributed by atoms with E-state index in [0.29, 0.717) is 5.69 Å². The lowest BCUT2D eigenvalue weighted by atomic mass is 10.1. The second-order valence-electron chi connectivity index (χ2n) is 5.46. The predicted molar refractivity (Wildman–Crippen MR) is 87.5 cm³/mol. The molecular weight excluding hydrogens is 278 g/mol. The van der Waals surface area contributed by atoms with Gasteiger partial charge in [-0.2, -0.15) is 0 Å². The Hall–Kier alpha value is -2.56. The monoisotopic (exact) mass is 297 g/mol. The summed E-state index contributed by atoms with van der Waals surface area (Å²) in [6.07, 6.45) is 5.27. The second-order valence-corrected chi connectivity index (χ2v) is 5.46. The van der Waals surface area contributed by atoms with Crippen LogP contribution in [0.15, 0.2) is 47.4 Å². The first-order valence-electron chi connectivity index (χ1n) is 7.58. The maximum atomic E-state index is 12.1. The van der Waals surface area contributed by atoms with Crippen LogP contribution in [0.2, 0.25) is 0 Å². The van der Waals surface area contributed by atoms with Crippen molar-refractivity contribution in [3.63, 3.8) is 0 Å². The number of aromatic nitrogens is 1. The van der Waals surface area contributed by atoms with Gasteiger partial charge < -0.3 is 15.2 Å². The summed E-state index contributed by atoms with van der Waals surface area (Å²) in [5.41, 5.74) is 1.59. The number of nitrogens with one attached hydrogen (secondary N) is 2. The van der Waals surface area contributed by atoms with Crippen LogP contribution in [0.25, 0.3) is 0 Å². The summed E-state index contributed by atoms with van der Waals surface area (Å²) in [7, 11) is 0. The van der Waals surface area contributed by atoms with Crippen LogP contribution in [-0.4, -0.2) is 24.0 Å². The molecule has 22 heavy (non-hydrogen) atoms. The van der Waals surface area contributed by atoms with Gasteiger partial charge in [-0.05, 0) is 55.7 Å². The fourth-order valence-electron chi connectivity index (χ4n) is 2.71. The van der Waals surface area contributed by atoms with Gasteiger partial charge in [0.05, 0.1) is 0 Å². The van der Waals surface area contributed by atoms with Crippen molar-refractivity contribution in [1.82, 2.24) is 4.98 Å². The zero-order valence-electron chi connectivity index (χ0n) is 12.3. The first-order chi connectivity index (χ1) is 10.7. The van der Waals surface area contributed by atoms with Crippen molar-refractivity contribution in [2.45, 2.75) is 19.3 Å². The number of aromatic amines is 1. The number of benzene rings is 1. The molecule has 5 heteroatoms. The van der Waals surface area contributed by atoms with E-state index in [2.05, 4.69) is 15.2 Å². The maximum absolute atomic E-state index is 12.1. The van der Waals surface area contributed by atoms with Gasteiger partial charge in [0.1, 0.15) is 5.56 Å². The van der Waals surface area contributed by atoms with Gasteiger partial charge in [-0.25, -0.2) is 0 Å². The van der Waals surface area contributed by atoms with Gasteiger partial charge in [-0.3, -0.25) is 9.59 Å². The molecule has 1 amide bonds. The Morgan fingerprint density at radius 3 is 2.45 bits per heavy atom. The molecule has 2 aromatic rings. The number of H-pyrrole nitrogens is 1. The van der Waals surface area contributed by atoms with Crippen LogP contribution >= 0.6 is 0 Å². The van der Waals surface area contributed by atoms with Crippen molar-refractivity contribution >= 4 is 17.3 Å². The standard InChI is InChI=1S/C17H19N3O2/c21-16-15(5-4-10-18-16)17(22)19-13-6-8-14(9-7-13)20-11-2-1-3-12-20/h4-10H,1-3,11-12H2,(H,18,21)(H,19,22). The topological polar surface area (TPSA) is 65.2 Å². The number of pyridine rings is 1. The third-order valence-corrected chi connectivity index (χ3v) is 3.91. The third-order valence-electron chi connectivity index (χ3n) is 3.91. The molecular formula is C17H19N3O2. The highest BCUT2D eigenvalue weighted by atomic mass is 16.2. The highest BCUT2D eigenvalue weighted by Crippen LogP contribution is 2.21. The molecule has 1 aliphatic heterocycles. The lowest BCUT2D eigenvalue weighted by Crippen LogP contribution is -2.29. The summed E-state index contributed by atoms with van der Waals surface area (Å²) in [6.45, 7) is 2.18. The second kappa shape index (κ2) is 6.47. The normalized spacial score (nSPS) is 14.6. The highest BCUT2D eigenvalue weighted by molar-refractivity contribution is 6.04. The summed E-state index contributed by atoms with van der Waals surface area (Å²) in [6, 6.07) is 10.9. The molecule has 1 aliphatic rings. The van der Waals surface area contributed by atoms with Crippen LogP contribution in [0.4, 0.5) is 11.4 Å². The highest BCUT2D eigenvalue weighted by Gasteiger charge is 2.12. The molecule has 0 radical (unpaired) electrons. The predicted octanol–water partition coefficient (Wildman–Crippen LogP) is 2.62. The maximum Gasteiger partial charge on any atom is 0.261 e. The zero-order valence-corrected chi connectivity index (χ0v) is 12.3. The molecule has 1 saturated heterocycles. The Morgan fingerprint density at radius 2 is 1.77 bits per heavy atom. The molecule has 1 aromatic heterocycles. The smallest absolute Gasteiger partial charge is 0.261 e. The lowest BCUT2D eigenvalue weighted by molar-refractivity contribution is 0.102. The van der Waals surface area contributed by atoms with Crippen molar-refractivity contribution in [3.05, 3.63) is 58.5 Å². The van der Waals surface area contributed by atoms with Crippen LogP contribution in [0, 0.1) is 0 Å². The molecule has 1 aromatic carbocycles. The van der Waals surface area contributed by atoms with Crippen LogP contribution in [0.1, 0.15) is 29.6 Å². The van der Waals surface area contributed by atoms with Crippen molar-refractivity contribution in [2.75, 3.05) is 23.3 Å². The first-order valence-corrected chi connectivity index (χ1v) is 7.58. The number of rotatable bonds is 3. The van der Waals surface area contributed by atoms with Crippen LogP contribution in [0.5, 0.6) is 0 Å². The van der Waals surface area contributed by atoms with E-state index in [1.807, 2.05) is 24.3 Å². The molecule has 0 saturated carbocycles. The summed E-state index contributed by atoms with van der Waals surface area (Å²) < 4.78 is 0. The lowest BCUT2D eigenvalue weighted by Gasteiger charge is -2.28. The third kappa shape index (κ3) is 3.19. The largest absolute Gasteiger partial charge is 0.372 e. The van der Waals surface area contributed by atoms with E-state index in [1.165, 1.54) is 37.2 Å². The molecule has 114 valence electrons. The van der Waals surface area contributed by atoms with E-state index in [-0.39, 0.29) is 11.1 Å². The molecule has 5 nitrogen and oxygen atoms in total. The Bertz CT molecular complexity index is 700. The SMILES string of the molecule is O=C(Nc1ccc(N2CCCCC2)cc1)c1ccc[nH]c1=O. The van der Waals surface area contributed by atoms with E-state index in [0.717, 1.165) is 13.1 Å². The number of piperidine rings is 1. The van der Waals surface area contributed by atoms with E-state index >= 15 is 0 Å². The van der Waals surface area contributed by atoms with Crippen LogP contribution in [0.3, 0.4) is 0 Å². The van der Waals surface area contributed by atoms with Crippen molar-refractivity contribution < 1.29 is 4.79 Å². The van der Waals surface area contributed by atoms with E-state index in [9.17, 15) is 9.59 Å². The Balaban J connectivity index is 1.69. The number of anilines is 2. The number of hydrogen-bond acceptors (Lipinski definition) is 3. The number of nitrogens with zero attached hydrogens (tertiary/aromatic N) is 1. The van der Waals surface area contributed by atoms with Crippen molar-refractivity contribution in [3.8, 4) is 0 Å². The van der Waals surface area contributed by atoms with Crippen LogP contribution < -0.4 is 15.8 Å². The Kier molecular flexibility index (Phi) is 4.23. The first kappa shape index (κ1) is 14.4. The summed E-state index contributed by atoms with van der Waals surface area (Å²) in [4.78, 5) is 28.5. The number of carbonyl (C=O) groups is 1. The van der Waals surface area contributed by atoms with Gasteiger partial charge in [0.2, 0.25) is 0 Å². The Labute approximate surface area is 129 Å². The van der Waals surface area contributed by atoms with Gasteiger partial charge in [-0.1, -0.05) is 0 Å². The quantitative estimate of drug-likeness (QED) is 0.915. The summed E-state index contributed by atoms with van der Waals surface area (Å²) >= 11 is 0. The number of hydrogen-bond donors (Lipinski definition) is 2. The minimum absolute atomic E-state index is 0.114. The fraction of sp³-hybridized carbons (Fsp3) is 0.294. The van der Waals surface area contributed by atoms with Gasteiger partial charge in [0, 0.05) is 30.7 Å². The van der Waals surface area contributed by atoms with Crippen LogP contribution in [-0.2, 0) is 0 Å². The summed E-state index contributed by atoms with van der Waals surface area (Å²) in [5.74, 6) is -0.396. The van der Waals surface area contributed by atoms with E-state index in [4.69, 9.17) is 0 Å². The molecule has 2 heterocycles. The summed E-state index contributed by atoms with van der Waals surface area (Å²) in [5, 5.41) is 2.75. The molecule has 0 unspecified atom stereocenters. The Morgan fingerprint density at radius 1 is 1.05 bits per heavy atom. The van der Waals surface area contributed by atoms with Gasteiger partial charge in [0.15, 0.2) is 0 Å². The van der Waals surface area contributed by atoms with Gasteiger partial charge >= 0.3 is 0 Å². The molecule has 0 spiro atoms. The molecule has 0 bridgehead atoms. The zero-order chi connectivity index (χ0) is 15.4. The average molecular weight is 297 g/mol. The molecule has 1 fully saturated rings. The molecule has 2 N–H and O–H groups in total. The molecule has 3 rings (SSSR count). The van der Waals surface area contributed by atoms with Gasteiger partial charge in [-0.15, -0.1) is 0 Å². The minimum atomic E-state index is -0.396. The van der Waals surface area contributed by atoms with E-state index in [1.54, 1.807) is 6.07 Å².